The highest BCUT2D eigenvalue weighted by Gasteiger charge is 2.04. The molecule has 2 aromatic rings. The van der Waals surface area contributed by atoms with Gasteiger partial charge in [0.1, 0.15) is 5.75 Å². The summed E-state index contributed by atoms with van der Waals surface area (Å²) in [5.74, 6) is 0.412. The van der Waals surface area contributed by atoms with Gasteiger partial charge in [-0.05, 0) is 48.9 Å². The predicted molar refractivity (Wildman–Crippen MR) is 74.0 cm³/mol. The van der Waals surface area contributed by atoms with Crippen molar-refractivity contribution in [3.05, 3.63) is 58.9 Å². The molecular formula is C15H16ClFO. The van der Waals surface area contributed by atoms with Crippen LogP contribution in [0, 0.1) is 12.7 Å². The van der Waals surface area contributed by atoms with E-state index in [-0.39, 0.29) is 11.6 Å². The lowest BCUT2D eigenvalue weighted by atomic mass is 10.2. The highest BCUT2D eigenvalue weighted by Crippen LogP contribution is 2.25. The molecule has 0 radical (unpaired) electrons. The second-order valence-electron chi connectivity index (χ2n) is 3.49. The Morgan fingerprint density at radius 3 is 2.17 bits per heavy atom. The SMILES string of the molecule is CC.Cc1ccc(Oc2ccc(Cl)cc2)c(F)c1. The molecule has 0 N–H and O–H groups in total. The first-order chi connectivity index (χ1) is 8.65. The second kappa shape index (κ2) is 7.02. The summed E-state index contributed by atoms with van der Waals surface area (Å²) in [5, 5.41) is 0.622. The molecule has 0 unspecified atom stereocenters. The number of aryl methyl sites for hydroxylation is 1. The van der Waals surface area contributed by atoms with Crippen LogP contribution in [0.15, 0.2) is 42.5 Å². The minimum atomic E-state index is -0.366. The maximum atomic E-state index is 13.5. The summed E-state index contributed by atoms with van der Waals surface area (Å²) in [5.41, 5.74) is 0.862. The molecule has 0 aliphatic carbocycles. The van der Waals surface area contributed by atoms with Crippen LogP contribution in [-0.4, -0.2) is 0 Å². The van der Waals surface area contributed by atoms with Crippen LogP contribution in [0.3, 0.4) is 0 Å². The lowest BCUT2D eigenvalue weighted by Crippen LogP contribution is -1.88. The first kappa shape index (κ1) is 14.5. The van der Waals surface area contributed by atoms with E-state index in [1.807, 2.05) is 20.8 Å². The Balaban J connectivity index is 0.000000771. The first-order valence-electron chi connectivity index (χ1n) is 5.85. The summed E-state index contributed by atoms with van der Waals surface area (Å²) in [7, 11) is 0. The monoisotopic (exact) mass is 266 g/mol. The number of hydrogen-bond acceptors (Lipinski definition) is 1. The Labute approximate surface area is 112 Å². The van der Waals surface area contributed by atoms with Gasteiger partial charge in [0, 0.05) is 5.02 Å². The summed E-state index contributed by atoms with van der Waals surface area (Å²) in [6.45, 7) is 5.83. The van der Waals surface area contributed by atoms with Crippen molar-refractivity contribution in [1.29, 1.82) is 0 Å². The summed E-state index contributed by atoms with van der Waals surface area (Å²) < 4.78 is 18.8. The lowest BCUT2D eigenvalue weighted by Gasteiger charge is -2.07. The van der Waals surface area contributed by atoms with Gasteiger partial charge in [-0.15, -0.1) is 0 Å². The molecule has 0 aliphatic rings. The molecule has 0 aromatic heterocycles. The number of hydrogen-bond donors (Lipinski definition) is 0. The quantitative estimate of drug-likeness (QED) is 0.687. The molecule has 2 aromatic carbocycles. The van der Waals surface area contributed by atoms with Gasteiger partial charge in [-0.25, -0.2) is 4.39 Å². The zero-order valence-corrected chi connectivity index (χ0v) is 11.5. The topological polar surface area (TPSA) is 9.23 Å². The number of benzene rings is 2. The summed E-state index contributed by atoms with van der Waals surface area (Å²) in [6, 6.07) is 11.6. The van der Waals surface area contributed by atoms with E-state index in [0.717, 1.165) is 5.56 Å². The summed E-state index contributed by atoms with van der Waals surface area (Å²) in [4.78, 5) is 0. The third-order valence-corrected chi connectivity index (χ3v) is 2.38. The summed E-state index contributed by atoms with van der Waals surface area (Å²) in [6.07, 6.45) is 0. The molecule has 0 aliphatic heterocycles. The van der Waals surface area contributed by atoms with Crippen LogP contribution in [0.25, 0.3) is 0 Å². The molecule has 0 atom stereocenters. The number of rotatable bonds is 2. The van der Waals surface area contributed by atoms with E-state index in [4.69, 9.17) is 16.3 Å². The van der Waals surface area contributed by atoms with Crippen LogP contribution in [-0.2, 0) is 0 Å². The van der Waals surface area contributed by atoms with Gasteiger partial charge in [-0.3, -0.25) is 0 Å². The zero-order valence-electron chi connectivity index (χ0n) is 10.7. The van der Waals surface area contributed by atoms with Crippen molar-refractivity contribution < 1.29 is 9.13 Å². The molecule has 0 bridgehead atoms. The highest BCUT2D eigenvalue weighted by molar-refractivity contribution is 6.30. The minimum absolute atomic E-state index is 0.216. The van der Waals surface area contributed by atoms with Gasteiger partial charge in [0.2, 0.25) is 0 Å². The molecule has 0 heterocycles. The molecule has 0 spiro atoms. The fourth-order valence-electron chi connectivity index (χ4n) is 1.32. The van der Waals surface area contributed by atoms with Crippen molar-refractivity contribution in [1.82, 2.24) is 0 Å². The fourth-order valence-corrected chi connectivity index (χ4v) is 1.44. The van der Waals surface area contributed by atoms with Crippen LogP contribution in [0.5, 0.6) is 11.5 Å². The van der Waals surface area contributed by atoms with E-state index in [2.05, 4.69) is 0 Å². The van der Waals surface area contributed by atoms with Crippen molar-refractivity contribution >= 4 is 11.6 Å². The Hall–Kier alpha value is -1.54. The third-order valence-electron chi connectivity index (χ3n) is 2.13. The van der Waals surface area contributed by atoms with E-state index in [1.54, 1.807) is 36.4 Å². The fraction of sp³-hybridized carbons (Fsp3) is 0.200. The van der Waals surface area contributed by atoms with Gasteiger partial charge in [-0.1, -0.05) is 31.5 Å². The van der Waals surface area contributed by atoms with Crippen molar-refractivity contribution in [2.45, 2.75) is 20.8 Å². The number of halogens is 2. The van der Waals surface area contributed by atoms with Gasteiger partial charge < -0.3 is 4.74 Å². The third kappa shape index (κ3) is 4.04. The second-order valence-corrected chi connectivity index (χ2v) is 3.93. The Morgan fingerprint density at radius 2 is 1.61 bits per heavy atom. The predicted octanol–water partition coefficient (Wildman–Crippen LogP) is 5.61. The first-order valence-corrected chi connectivity index (χ1v) is 6.22. The van der Waals surface area contributed by atoms with Crippen molar-refractivity contribution in [2.75, 3.05) is 0 Å². The van der Waals surface area contributed by atoms with Crippen molar-refractivity contribution in [3.63, 3.8) is 0 Å². The summed E-state index contributed by atoms with van der Waals surface area (Å²) >= 11 is 5.74. The minimum Gasteiger partial charge on any atom is -0.454 e. The van der Waals surface area contributed by atoms with Crippen LogP contribution in [0.1, 0.15) is 19.4 Å². The molecule has 18 heavy (non-hydrogen) atoms. The van der Waals surface area contributed by atoms with Gasteiger partial charge in [0.05, 0.1) is 0 Å². The Bertz CT molecular complexity index is 494. The van der Waals surface area contributed by atoms with Crippen molar-refractivity contribution in [3.8, 4) is 11.5 Å². The standard InChI is InChI=1S/C13H10ClFO.C2H6/c1-9-2-7-13(12(15)8-9)16-11-5-3-10(14)4-6-11;1-2/h2-8H,1H3;1-2H3. The molecular weight excluding hydrogens is 251 g/mol. The number of ether oxygens (including phenoxy) is 1. The normalized spacial score (nSPS) is 9.39. The molecule has 3 heteroatoms. The highest BCUT2D eigenvalue weighted by atomic mass is 35.5. The molecule has 96 valence electrons. The van der Waals surface area contributed by atoms with E-state index < -0.39 is 0 Å². The van der Waals surface area contributed by atoms with Gasteiger partial charge in [0.15, 0.2) is 11.6 Å². The molecule has 2 rings (SSSR count). The smallest absolute Gasteiger partial charge is 0.165 e. The average molecular weight is 267 g/mol. The maximum Gasteiger partial charge on any atom is 0.165 e. The maximum absolute atomic E-state index is 13.5. The van der Waals surface area contributed by atoms with Crippen LogP contribution in [0.4, 0.5) is 4.39 Å². The lowest BCUT2D eigenvalue weighted by molar-refractivity contribution is 0.442. The van der Waals surface area contributed by atoms with E-state index in [9.17, 15) is 4.39 Å². The van der Waals surface area contributed by atoms with Gasteiger partial charge >= 0.3 is 0 Å². The molecule has 0 amide bonds. The van der Waals surface area contributed by atoms with Crippen molar-refractivity contribution in [2.24, 2.45) is 0 Å². The average Bonchev–Trinajstić information content (AvgIpc) is 2.38. The molecule has 0 fully saturated rings. The van der Waals surface area contributed by atoms with E-state index in [0.29, 0.717) is 10.8 Å². The van der Waals surface area contributed by atoms with Crippen LogP contribution >= 0.6 is 11.6 Å². The van der Waals surface area contributed by atoms with Crippen LogP contribution in [0.2, 0.25) is 5.02 Å². The molecule has 0 saturated heterocycles. The molecule has 1 nitrogen and oxygen atoms in total. The van der Waals surface area contributed by atoms with Gasteiger partial charge in [-0.2, -0.15) is 0 Å². The van der Waals surface area contributed by atoms with Gasteiger partial charge in [0.25, 0.3) is 0 Å². The zero-order chi connectivity index (χ0) is 13.5. The van der Waals surface area contributed by atoms with Crippen LogP contribution < -0.4 is 4.74 Å². The molecule has 0 saturated carbocycles. The largest absolute Gasteiger partial charge is 0.454 e. The van der Waals surface area contributed by atoms with E-state index >= 15 is 0 Å². The van der Waals surface area contributed by atoms with E-state index in [1.165, 1.54) is 6.07 Å². The Kier molecular flexibility index (Phi) is 5.66. The Morgan fingerprint density at radius 1 is 1.00 bits per heavy atom.